The number of halogens is 1. The van der Waals surface area contributed by atoms with E-state index in [1.165, 1.54) is 6.07 Å². The molecule has 0 saturated carbocycles. The Morgan fingerprint density at radius 2 is 1.84 bits per heavy atom. The van der Waals surface area contributed by atoms with E-state index in [1.54, 1.807) is 31.4 Å². The van der Waals surface area contributed by atoms with Gasteiger partial charge in [-0.05, 0) is 49.7 Å². The number of rotatable bonds is 5. The maximum atomic E-state index is 14.4. The molecule has 132 valence electrons. The Morgan fingerprint density at radius 1 is 1.16 bits per heavy atom. The van der Waals surface area contributed by atoms with E-state index in [-0.39, 0.29) is 11.7 Å². The summed E-state index contributed by atoms with van der Waals surface area (Å²) >= 11 is 0. The normalized spacial score (nSPS) is 16.2. The van der Waals surface area contributed by atoms with Crippen molar-refractivity contribution in [2.45, 2.75) is 18.3 Å². The van der Waals surface area contributed by atoms with E-state index in [0.29, 0.717) is 23.4 Å². The quantitative estimate of drug-likeness (QED) is 0.878. The lowest BCUT2D eigenvalue weighted by Crippen LogP contribution is -2.48. The number of ether oxygens (including phenoxy) is 1. The van der Waals surface area contributed by atoms with Gasteiger partial charge in [0.25, 0.3) is 5.91 Å². The number of hydrogen-bond donors (Lipinski definition) is 2. The second kappa shape index (κ2) is 7.66. The minimum Gasteiger partial charge on any atom is -0.496 e. The van der Waals surface area contributed by atoms with Gasteiger partial charge in [0.2, 0.25) is 0 Å². The Kier molecular flexibility index (Phi) is 5.34. The fourth-order valence-electron chi connectivity index (χ4n) is 3.51. The van der Waals surface area contributed by atoms with Crippen LogP contribution in [0.25, 0.3) is 0 Å². The van der Waals surface area contributed by atoms with E-state index in [2.05, 4.69) is 10.6 Å². The Hall–Kier alpha value is -2.40. The molecule has 1 saturated heterocycles. The first-order chi connectivity index (χ1) is 12.2. The largest absolute Gasteiger partial charge is 0.496 e. The summed E-state index contributed by atoms with van der Waals surface area (Å²) in [7, 11) is 1.54. The number of hydrogen-bond acceptors (Lipinski definition) is 3. The van der Waals surface area contributed by atoms with Crippen LogP contribution in [-0.2, 0) is 5.41 Å². The average molecular weight is 342 g/mol. The predicted molar refractivity (Wildman–Crippen MR) is 95.5 cm³/mol. The summed E-state index contributed by atoms with van der Waals surface area (Å²) in [5, 5.41) is 6.31. The third-order valence-corrected chi connectivity index (χ3v) is 4.94. The van der Waals surface area contributed by atoms with Crippen LogP contribution in [0.15, 0.2) is 48.5 Å². The minimum absolute atomic E-state index is 0.202. The van der Waals surface area contributed by atoms with Crippen molar-refractivity contribution in [2.24, 2.45) is 0 Å². The van der Waals surface area contributed by atoms with Gasteiger partial charge in [-0.25, -0.2) is 4.39 Å². The van der Waals surface area contributed by atoms with Crippen LogP contribution in [-0.4, -0.2) is 32.7 Å². The second-order valence-electron chi connectivity index (χ2n) is 6.39. The number of para-hydroxylation sites is 1. The molecule has 1 aliphatic heterocycles. The van der Waals surface area contributed by atoms with Crippen molar-refractivity contribution >= 4 is 5.91 Å². The molecule has 0 aliphatic carbocycles. The molecule has 0 radical (unpaired) electrons. The van der Waals surface area contributed by atoms with Crippen LogP contribution in [0.5, 0.6) is 5.75 Å². The summed E-state index contributed by atoms with van der Waals surface area (Å²) in [6.07, 6.45) is 1.56. The van der Waals surface area contributed by atoms with E-state index in [0.717, 1.165) is 25.9 Å². The molecule has 0 unspecified atom stereocenters. The Morgan fingerprint density at radius 3 is 2.56 bits per heavy atom. The van der Waals surface area contributed by atoms with Crippen LogP contribution in [0.4, 0.5) is 4.39 Å². The van der Waals surface area contributed by atoms with Crippen molar-refractivity contribution in [3.63, 3.8) is 0 Å². The smallest absolute Gasteiger partial charge is 0.255 e. The zero-order valence-corrected chi connectivity index (χ0v) is 14.3. The number of methoxy groups -OCH3 is 1. The van der Waals surface area contributed by atoms with Crippen molar-refractivity contribution < 1.29 is 13.9 Å². The number of carbonyl (C=O) groups excluding carboxylic acids is 1. The van der Waals surface area contributed by atoms with Crippen LogP contribution in [0.1, 0.15) is 28.8 Å². The van der Waals surface area contributed by atoms with Gasteiger partial charge in [0.05, 0.1) is 12.7 Å². The first-order valence-corrected chi connectivity index (χ1v) is 8.53. The van der Waals surface area contributed by atoms with E-state index in [1.807, 2.05) is 18.2 Å². The topological polar surface area (TPSA) is 50.4 Å². The standard InChI is InChI=1S/C20H23FN2O2/c1-25-18-9-5-2-6-15(18)19(24)23-14-20(10-12-22-13-11-20)16-7-3-4-8-17(16)21/h2-9,22H,10-14H2,1H3,(H,23,24). The molecule has 2 aromatic carbocycles. The summed E-state index contributed by atoms with van der Waals surface area (Å²) in [5.41, 5.74) is 0.772. The lowest BCUT2D eigenvalue weighted by Gasteiger charge is -2.38. The second-order valence-corrected chi connectivity index (χ2v) is 6.39. The van der Waals surface area contributed by atoms with Gasteiger partial charge in [0.15, 0.2) is 0 Å². The van der Waals surface area contributed by atoms with Gasteiger partial charge in [0, 0.05) is 12.0 Å². The highest BCUT2D eigenvalue weighted by Crippen LogP contribution is 2.34. The Balaban J connectivity index is 1.82. The molecule has 25 heavy (non-hydrogen) atoms. The van der Waals surface area contributed by atoms with Crippen LogP contribution >= 0.6 is 0 Å². The fourth-order valence-corrected chi connectivity index (χ4v) is 3.51. The summed E-state index contributed by atoms with van der Waals surface area (Å²) in [5.74, 6) is 0.118. The molecule has 4 nitrogen and oxygen atoms in total. The van der Waals surface area contributed by atoms with E-state index in [4.69, 9.17) is 4.74 Å². The highest BCUT2D eigenvalue weighted by atomic mass is 19.1. The van der Waals surface area contributed by atoms with Crippen molar-refractivity contribution in [3.8, 4) is 5.75 Å². The van der Waals surface area contributed by atoms with Gasteiger partial charge in [-0.1, -0.05) is 30.3 Å². The molecule has 0 bridgehead atoms. The summed E-state index contributed by atoms with van der Waals surface area (Å²) in [6, 6.07) is 14.0. The summed E-state index contributed by atoms with van der Waals surface area (Å²) in [6.45, 7) is 2.00. The van der Waals surface area contributed by atoms with E-state index in [9.17, 15) is 9.18 Å². The maximum Gasteiger partial charge on any atom is 0.255 e. The number of piperidine rings is 1. The van der Waals surface area contributed by atoms with Gasteiger partial charge in [-0.2, -0.15) is 0 Å². The fraction of sp³-hybridized carbons (Fsp3) is 0.350. The van der Waals surface area contributed by atoms with Crippen molar-refractivity contribution in [2.75, 3.05) is 26.7 Å². The molecule has 0 atom stereocenters. The number of amides is 1. The van der Waals surface area contributed by atoms with Gasteiger partial charge in [-0.3, -0.25) is 4.79 Å². The van der Waals surface area contributed by atoms with Crippen LogP contribution < -0.4 is 15.4 Å². The molecule has 5 heteroatoms. The monoisotopic (exact) mass is 342 g/mol. The predicted octanol–water partition coefficient (Wildman–Crippen LogP) is 2.89. The third-order valence-electron chi connectivity index (χ3n) is 4.94. The maximum absolute atomic E-state index is 14.4. The van der Waals surface area contributed by atoms with Crippen LogP contribution in [0.2, 0.25) is 0 Å². The number of carbonyl (C=O) groups is 1. The zero-order chi connectivity index (χ0) is 17.7. The highest BCUT2D eigenvalue weighted by molar-refractivity contribution is 5.96. The zero-order valence-electron chi connectivity index (χ0n) is 14.3. The molecule has 1 heterocycles. The van der Waals surface area contributed by atoms with Gasteiger partial charge >= 0.3 is 0 Å². The number of benzene rings is 2. The summed E-state index contributed by atoms with van der Waals surface area (Å²) in [4.78, 5) is 12.6. The van der Waals surface area contributed by atoms with E-state index < -0.39 is 5.41 Å². The molecule has 2 N–H and O–H groups in total. The molecule has 1 aliphatic rings. The lowest BCUT2D eigenvalue weighted by molar-refractivity contribution is 0.0934. The average Bonchev–Trinajstić information content (AvgIpc) is 2.67. The SMILES string of the molecule is COc1ccccc1C(=O)NCC1(c2ccccc2F)CCNCC1. The Bertz CT molecular complexity index is 742. The molecular weight excluding hydrogens is 319 g/mol. The first-order valence-electron chi connectivity index (χ1n) is 8.53. The molecule has 1 fully saturated rings. The molecule has 1 amide bonds. The lowest BCUT2D eigenvalue weighted by atomic mass is 9.73. The molecule has 0 aromatic heterocycles. The minimum atomic E-state index is -0.395. The molecular formula is C20H23FN2O2. The van der Waals surface area contributed by atoms with Crippen LogP contribution in [0, 0.1) is 5.82 Å². The van der Waals surface area contributed by atoms with Crippen molar-refractivity contribution in [1.82, 2.24) is 10.6 Å². The molecule has 2 aromatic rings. The molecule has 0 spiro atoms. The van der Waals surface area contributed by atoms with Gasteiger partial charge in [-0.15, -0.1) is 0 Å². The number of nitrogens with one attached hydrogen (secondary N) is 2. The van der Waals surface area contributed by atoms with Crippen LogP contribution in [0.3, 0.4) is 0 Å². The third kappa shape index (κ3) is 3.66. The highest BCUT2D eigenvalue weighted by Gasteiger charge is 2.36. The first kappa shape index (κ1) is 17.4. The molecule has 3 rings (SSSR count). The van der Waals surface area contributed by atoms with Gasteiger partial charge in [0.1, 0.15) is 11.6 Å². The Labute approximate surface area is 147 Å². The summed E-state index contributed by atoms with van der Waals surface area (Å²) < 4.78 is 19.7. The van der Waals surface area contributed by atoms with Crippen molar-refractivity contribution in [1.29, 1.82) is 0 Å². The van der Waals surface area contributed by atoms with Crippen molar-refractivity contribution in [3.05, 3.63) is 65.5 Å². The van der Waals surface area contributed by atoms with Gasteiger partial charge < -0.3 is 15.4 Å². The van der Waals surface area contributed by atoms with E-state index >= 15 is 0 Å².